The molecule has 0 atom stereocenters. The lowest BCUT2D eigenvalue weighted by Crippen LogP contribution is -2.18. The smallest absolute Gasteiger partial charge is 0.232 e. The summed E-state index contributed by atoms with van der Waals surface area (Å²) < 4.78 is 16.8. The number of rotatable bonds is 7. The number of benzene rings is 3. The maximum absolute atomic E-state index is 13.9. The van der Waals surface area contributed by atoms with Crippen LogP contribution in [0.4, 0.5) is 10.1 Å². The zero-order valence-electron chi connectivity index (χ0n) is 16.3. The molecule has 0 spiro atoms. The summed E-state index contributed by atoms with van der Waals surface area (Å²) in [6.07, 6.45) is -0.0327. The summed E-state index contributed by atoms with van der Waals surface area (Å²) in [5, 5.41) is 11.9. The Morgan fingerprint density at radius 3 is 2.42 bits per heavy atom. The van der Waals surface area contributed by atoms with E-state index < -0.39 is 5.82 Å². The monoisotopic (exact) mass is 496 g/mol. The Bertz CT molecular complexity index is 1180. The fourth-order valence-corrected chi connectivity index (χ4v) is 4.16. The zero-order chi connectivity index (χ0) is 21.6. The van der Waals surface area contributed by atoms with E-state index in [1.165, 1.54) is 23.9 Å². The van der Waals surface area contributed by atoms with Crippen molar-refractivity contribution in [2.75, 3.05) is 5.32 Å². The van der Waals surface area contributed by atoms with E-state index in [2.05, 4.69) is 31.4 Å². The number of anilines is 1. The van der Waals surface area contributed by atoms with Crippen molar-refractivity contribution in [1.82, 2.24) is 14.8 Å². The van der Waals surface area contributed by atoms with Crippen molar-refractivity contribution in [3.05, 3.63) is 101 Å². The van der Waals surface area contributed by atoms with Gasteiger partial charge < -0.3 is 5.32 Å². The fourth-order valence-electron chi connectivity index (χ4n) is 2.97. The van der Waals surface area contributed by atoms with Crippen LogP contribution in [0.5, 0.6) is 0 Å². The molecule has 0 aliphatic rings. The molecule has 1 aromatic heterocycles. The van der Waals surface area contributed by atoms with Crippen LogP contribution in [0.2, 0.25) is 0 Å². The highest BCUT2D eigenvalue weighted by Crippen LogP contribution is 2.26. The van der Waals surface area contributed by atoms with E-state index in [-0.39, 0.29) is 18.0 Å². The number of nitrogens with zero attached hydrogens (tertiary/aromatic N) is 3. The highest BCUT2D eigenvalue weighted by Gasteiger charge is 2.18. The van der Waals surface area contributed by atoms with Crippen LogP contribution in [0, 0.1) is 5.82 Å². The first kappa shape index (κ1) is 21.3. The first-order chi connectivity index (χ1) is 15.1. The second-order valence-corrected chi connectivity index (χ2v) is 8.55. The maximum Gasteiger partial charge on any atom is 0.232 e. The molecule has 0 unspecified atom stereocenters. The van der Waals surface area contributed by atoms with E-state index >= 15 is 0 Å². The van der Waals surface area contributed by atoms with Crippen molar-refractivity contribution >= 4 is 39.3 Å². The Morgan fingerprint density at radius 2 is 1.68 bits per heavy atom. The largest absolute Gasteiger partial charge is 0.323 e. The van der Waals surface area contributed by atoms with Crippen LogP contribution in [0.15, 0.2) is 88.5 Å². The van der Waals surface area contributed by atoms with Crippen molar-refractivity contribution in [3.63, 3.8) is 0 Å². The van der Waals surface area contributed by atoms with Gasteiger partial charge in [-0.3, -0.25) is 9.36 Å². The second kappa shape index (κ2) is 9.89. The zero-order valence-corrected chi connectivity index (χ0v) is 18.7. The van der Waals surface area contributed by atoms with Crippen LogP contribution in [0.3, 0.4) is 0 Å². The van der Waals surface area contributed by atoms with Gasteiger partial charge in [0.1, 0.15) is 11.6 Å². The van der Waals surface area contributed by atoms with Crippen LogP contribution >= 0.6 is 27.7 Å². The number of halogens is 2. The normalized spacial score (nSPS) is 10.8. The molecule has 0 fully saturated rings. The van der Waals surface area contributed by atoms with Crippen molar-refractivity contribution < 1.29 is 9.18 Å². The predicted molar refractivity (Wildman–Crippen MR) is 124 cm³/mol. The molecule has 1 amide bonds. The van der Waals surface area contributed by atoms with Crippen molar-refractivity contribution in [1.29, 1.82) is 0 Å². The topological polar surface area (TPSA) is 59.8 Å². The number of carbonyl (C=O) groups excluding carboxylic acids is 1. The number of amides is 1. The molecule has 5 nitrogen and oxygen atoms in total. The first-order valence-electron chi connectivity index (χ1n) is 9.51. The number of carbonyl (C=O) groups is 1. The minimum absolute atomic E-state index is 0.0327. The van der Waals surface area contributed by atoms with Gasteiger partial charge in [0.2, 0.25) is 5.91 Å². The van der Waals surface area contributed by atoms with Crippen molar-refractivity contribution in [3.8, 4) is 5.69 Å². The Kier molecular flexibility index (Phi) is 6.79. The highest BCUT2D eigenvalue weighted by molar-refractivity contribution is 9.10. The maximum atomic E-state index is 13.9. The van der Waals surface area contributed by atoms with Crippen LogP contribution in [-0.2, 0) is 17.0 Å². The molecule has 4 rings (SSSR count). The summed E-state index contributed by atoms with van der Waals surface area (Å²) >= 11 is 4.98. The molecule has 0 saturated heterocycles. The average molecular weight is 497 g/mol. The third-order valence-electron chi connectivity index (χ3n) is 4.46. The minimum Gasteiger partial charge on any atom is -0.323 e. The van der Waals surface area contributed by atoms with Crippen molar-refractivity contribution in [2.24, 2.45) is 0 Å². The molecule has 3 aromatic carbocycles. The predicted octanol–water partition coefficient (Wildman–Crippen LogP) is 5.64. The van der Waals surface area contributed by atoms with Gasteiger partial charge in [-0.2, -0.15) is 0 Å². The number of thioether (sulfide) groups is 1. The third kappa shape index (κ3) is 5.39. The minimum atomic E-state index is -0.480. The summed E-state index contributed by atoms with van der Waals surface area (Å²) in [7, 11) is 0. The average Bonchev–Trinajstić information content (AvgIpc) is 3.18. The quantitative estimate of drug-likeness (QED) is 0.336. The van der Waals surface area contributed by atoms with Gasteiger partial charge in [-0.25, -0.2) is 4.39 Å². The van der Waals surface area contributed by atoms with Gasteiger partial charge in [-0.1, -0.05) is 70.2 Å². The number of para-hydroxylation sites is 2. The van der Waals surface area contributed by atoms with E-state index in [1.54, 1.807) is 12.1 Å². The molecular weight excluding hydrogens is 479 g/mol. The lowest BCUT2D eigenvalue weighted by atomic mass is 10.2. The van der Waals surface area contributed by atoms with Gasteiger partial charge >= 0.3 is 0 Å². The van der Waals surface area contributed by atoms with Gasteiger partial charge in [-0.05, 0) is 42.0 Å². The van der Waals surface area contributed by atoms with E-state index in [0.29, 0.717) is 16.7 Å². The fraction of sp³-hybridized carbons (Fsp3) is 0.0870. The van der Waals surface area contributed by atoms with Gasteiger partial charge in [0, 0.05) is 15.9 Å². The van der Waals surface area contributed by atoms with E-state index in [9.17, 15) is 9.18 Å². The molecule has 8 heteroatoms. The molecule has 0 saturated carbocycles. The van der Waals surface area contributed by atoms with Crippen LogP contribution in [0.25, 0.3) is 5.69 Å². The molecule has 31 heavy (non-hydrogen) atoms. The van der Waals surface area contributed by atoms with Crippen molar-refractivity contribution in [2.45, 2.75) is 17.3 Å². The summed E-state index contributed by atoms with van der Waals surface area (Å²) in [6.45, 7) is 0. The molecule has 4 aromatic rings. The Balaban J connectivity index is 1.56. The Labute approximate surface area is 191 Å². The molecule has 0 bridgehead atoms. The molecule has 1 heterocycles. The summed E-state index contributed by atoms with van der Waals surface area (Å²) in [4.78, 5) is 12.6. The van der Waals surface area contributed by atoms with Gasteiger partial charge in [-0.15, -0.1) is 10.2 Å². The Hall–Kier alpha value is -2.97. The van der Waals surface area contributed by atoms with E-state index in [1.807, 2.05) is 59.2 Å². The third-order valence-corrected chi connectivity index (χ3v) is 5.99. The molecular formula is C23H18BrFN4OS. The van der Waals surface area contributed by atoms with E-state index in [0.717, 1.165) is 15.7 Å². The molecule has 0 radical (unpaired) electrons. The summed E-state index contributed by atoms with van der Waals surface area (Å²) in [5.41, 5.74) is 2.15. The molecule has 1 N–H and O–H groups in total. The SMILES string of the molecule is O=C(Cc1nnc(SCc2ccc(Br)cc2)n1-c1ccccc1)Nc1ccccc1F. The summed E-state index contributed by atoms with van der Waals surface area (Å²) in [6, 6.07) is 23.8. The first-order valence-corrected chi connectivity index (χ1v) is 11.3. The number of nitrogens with one attached hydrogen (secondary N) is 1. The number of hydrogen-bond donors (Lipinski definition) is 1. The van der Waals surface area contributed by atoms with Crippen LogP contribution < -0.4 is 5.32 Å². The second-order valence-electron chi connectivity index (χ2n) is 6.69. The van der Waals surface area contributed by atoms with Crippen LogP contribution in [-0.4, -0.2) is 20.7 Å². The van der Waals surface area contributed by atoms with Crippen LogP contribution in [0.1, 0.15) is 11.4 Å². The Morgan fingerprint density at radius 1 is 0.968 bits per heavy atom. The highest BCUT2D eigenvalue weighted by atomic mass is 79.9. The molecule has 0 aliphatic carbocycles. The standard InChI is InChI=1S/C23H18BrFN4OS/c24-17-12-10-16(11-13-17)15-31-23-28-27-21(29(23)18-6-2-1-3-7-18)14-22(30)26-20-9-5-4-8-19(20)25/h1-13H,14-15H2,(H,26,30). The van der Waals surface area contributed by atoms with Gasteiger partial charge in [0.15, 0.2) is 5.16 Å². The molecule has 0 aliphatic heterocycles. The van der Waals surface area contributed by atoms with E-state index in [4.69, 9.17) is 0 Å². The van der Waals surface area contributed by atoms with Gasteiger partial charge in [0.05, 0.1) is 12.1 Å². The lowest BCUT2D eigenvalue weighted by molar-refractivity contribution is -0.115. The van der Waals surface area contributed by atoms with Gasteiger partial charge in [0.25, 0.3) is 0 Å². The number of aromatic nitrogens is 3. The lowest BCUT2D eigenvalue weighted by Gasteiger charge is -2.11. The number of hydrogen-bond acceptors (Lipinski definition) is 4. The molecule has 156 valence electrons. The summed E-state index contributed by atoms with van der Waals surface area (Å²) in [5.74, 6) is 0.350.